The topological polar surface area (TPSA) is 64.7 Å². The van der Waals surface area contributed by atoms with Crippen molar-refractivity contribution in [3.8, 4) is 23.0 Å². The van der Waals surface area contributed by atoms with Gasteiger partial charge in [0.05, 0.1) is 0 Å². The Morgan fingerprint density at radius 2 is 1.33 bits per heavy atom. The van der Waals surface area contributed by atoms with Gasteiger partial charge in [-0.1, -0.05) is 42.5 Å². The van der Waals surface area contributed by atoms with Gasteiger partial charge in [0.2, 0.25) is 0 Å². The SMILES string of the molecule is Cl.N[C@H](CCCO)c1ccc(Oc2ccccc2)c(Oc2ccccc2)c1. The molecule has 0 amide bonds. The fraction of sp³-hybridized carbons (Fsp3) is 0.182. The molecule has 0 bridgehead atoms. The van der Waals surface area contributed by atoms with E-state index in [1.54, 1.807) is 0 Å². The van der Waals surface area contributed by atoms with Crippen molar-refractivity contribution >= 4 is 12.4 Å². The average molecular weight is 386 g/mol. The lowest BCUT2D eigenvalue weighted by atomic mass is 10.0. The van der Waals surface area contributed by atoms with E-state index in [1.165, 1.54) is 0 Å². The van der Waals surface area contributed by atoms with Crippen LogP contribution in [0.3, 0.4) is 0 Å². The van der Waals surface area contributed by atoms with E-state index >= 15 is 0 Å². The van der Waals surface area contributed by atoms with E-state index in [2.05, 4.69) is 0 Å². The normalized spacial score (nSPS) is 11.3. The van der Waals surface area contributed by atoms with Crippen LogP contribution in [0.25, 0.3) is 0 Å². The number of ether oxygens (including phenoxy) is 2. The average Bonchev–Trinajstić information content (AvgIpc) is 2.69. The van der Waals surface area contributed by atoms with Crippen molar-refractivity contribution in [2.45, 2.75) is 18.9 Å². The molecule has 5 heteroatoms. The molecule has 0 aromatic heterocycles. The number of aliphatic hydroxyl groups is 1. The van der Waals surface area contributed by atoms with Crippen molar-refractivity contribution in [1.82, 2.24) is 0 Å². The van der Waals surface area contributed by atoms with Gasteiger partial charge in [-0.2, -0.15) is 0 Å². The third kappa shape index (κ3) is 6.00. The first-order chi connectivity index (χ1) is 12.8. The van der Waals surface area contributed by atoms with Gasteiger partial charge < -0.3 is 20.3 Å². The summed E-state index contributed by atoms with van der Waals surface area (Å²) in [6, 6.07) is 24.7. The zero-order valence-electron chi connectivity index (χ0n) is 15.0. The second-order valence-corrected chi connectivity index (χ2v) is 6.01. The number of hydrogen-bond acceptors (Lipinski definition) is 4. The highest BCUT2D eigenvalue weighted by Crippen LogP contribution is 2.37. The minimum atomic E-state index is -0.161. The molecule has 0 saturated heterocycles. The molecule has 0 aliphatic carbocycles. The molecule has 3 aromatic rings. The Kier molecular flexibility index (Phi) is 8.14. The molecule has 27 heavy (non-hydrogen) atoms. The molecule has 0 fully saturated rings. The van der Waals surface area contributed by atoms with Crippen LogP contribution in [0.1, 0.15) is 24.4 Å². The molecule has 0 heterocycles. The first-order valence-electron chi connectivity index (χ1n) is 8.72. The molecule has 3 N–H and O–H groups in total. The molecule has 1 atom stereocenters. The number of halogens is 1. The van der Waals surface area contributed by atoms with Crippen LogP contribution in [0.2, 0.25) is 0 Å². The minimum absolute atomic E-state index is 0. The third-order valence-corrected chi connectivity index (χ3v) is 4.01. The number of para-hydroxylation sites is 2. The Balaban J connectivity index is 0.00000261. The molecule has 0 saturated carbocycles. The summed E-state index contributed by atoms with van der Waals surface area (Å²) in [6.45, 7) is 0.135. The van der Waals surface area contributed by atoms with Crippen LogP contribution < -0.4 is 15.2 Å². The summed E-state index contributed by atoms with van der Waals surface area (Å²) in [5, 5.41) is 9.02. The van der Waals surface area contributed by atoms with Crippen LogP contribution >= 0.6 is 12.4 Å². The van der Waals surface area contributed by atoms with Crippen LogP contribution in [0, 0.1) is 0 Å². The fourth-order valence-corrected chi connectivity index (χ4v) is 2.63. The highest BCUT2D eigenvalue weighted by Gasteiger charge is 2.13. The molecular weight excluding hydrogens is 362 g/mol. The predicted molar refractivity (Wildman–Crippen MR) is 110 cm³/mol. The largest absolute Gasteiger partial charge is 0.453 e. The summed E-state index contributed by atoms with van der Waals surface area (Å²) >= 11 is 0. The van der Waals surface area contributed by atoms with Gasteiger partial charge >= 0.3 is 0 Å². The number of nitrogens with two attached hydrogens (primary N) is 1. The zero-order chi connectivity index (χ0) is 18.2. The number of aliphatic hydroxyl groups excluding tert-OH is 1. The zero-order valence-corrected chi connectivity index (χ0v) is 15.8. The second-order valence-electron chi connectivity index (χ2n) is 6.01. The fourth-order valence-electron chi connectivity index (χ4n) is 2.63. The van der Waals surface area contributed by atoms with Crippen LogP contribution in [0.5, 0.6) is 23.0 Å². The summed E-state index contributed by atoms with van der Waals surface area (Å²) in [6.07, 6.45) is 1.37. The molecule has 0 aliphatic heterocycles. The van der Waals surface area contributed by atoms with Gasteiger partial charge in [0.15, 0.2) is 11.5 Å². The van der Waals surface area contributed by atoms with Crippen LogP contribution in [0.15, 0.2) is 78.9 Å². The molecule has 142 valence electrons. The molecule has 0 radical (unpaired) electrons. The van der Waals surface area contributed by atoms with Crippen LogP contribution in [0.4, 0.5) is 0 Å². The minimum Gasteiger partial charge on any atom is -0.453 e. The molecule has 3 rings (SSSR count). The van der Waals surface area contributed by atoms with Gasteiger partial charge in [-0.3, -0.25) is 0 Å². The summed E-state index contributed by atoms with van der Waals surface area (Å²) < 4.78 is 12.0. The van der Waals surface area contributed by atoms with E-state index in [1.807, 2.05) is 78.9 Å². The van der Waals surface area contributed by atoms with Gasteiger partial charge in [-0.05, 0) is 54.8 Å². The molecule has 4 nitrogen and oxygen atoms in total. The van der Waals surface area contributed by atoms with Gasteiger partial charge in [-0.25, -0.2) is 0 Å². The quantitative estimate of drug-likeness (QED) is 0.540. The van der Waals surface area contributed by atoms with Gasteiger partial charge in [0.25, 0.3) is 0 Å². The summed E-state index contributed by atoms with van der Waals surface area (Å²) in [5.74, 6) is 2.70. The van der Waals surface area contributed by atoms with Crippen molar-refractivity contribution in [2.75, 3.05) is 6.61 Å². The molecule has 3 aromatic carbocycles. The highest BCUT2D eigenvalue weighted by molar-refractivity contribution is 5.85. The molecule has 0 spiro atoms. The van der Waals surface area contributed by atoms with Crippen LogP contribution in [-0.4, -0.2) is 11.7 Å². The Bertz CT molecular complexity index is 812. The molecular formula is C22H24ClNO3. The maximum Gasteiger partial charge on any atom is 0.170 e. The standard InChI is InChI=1S/C22H23NO3.ClH/c23-20(12-7-15-24)17-13-14-21(25-18-8-3-1-4-9-18)22(16-17)26-19-10-5-2-6-11-19;/h1-6,8-11,13-14,16,20,24H,7,12,15,23H2;1H/t20-;/m1./s1. The van der Waals surface area contributed by atoms with Crippen molar-refractivity contribution in [3.63, 3.8) is 0 Å². The lowest BCUT2D eigenvalue weighted by molar-refractivity contribution is 0.280. The highest BCUT2D eigenvalue weighted by atomic mass is 35.5. The van der Waals surface area contributed by atoms with Gasteiger partial charge in [0, 0.05) is 12.6 Å². The number of hydrogen-bond donors (Lipinski definition) is 2. The molecule has 0 aliphatic rings. The summed E-state index contributed by atoms with van der Waals surface area (Å²) in [4.78, 5) is 0. The number of benzene rings is 3. The Morgan fingerprint density at radius 1 is 0.778 bits per heavy atom. The Morgan fingerprint density at radius 3 is 1.89 bits per heavy atom. The number of rotatable bonds is 8. The monoisotopic (exact) mass is 385 g/mol. The van der Waals surface area contributed by atoms with E-state index in [0.717, 1.165) is 17.1 Å². The third-order valence-electron chi connectivity index (χ3n) is 4.01. The maximum absolute atomic E-state index is 9.02. The van der Waals surface area contributed by atoms with E-state index < -0.39 is 0 Å². The van der Waals surface area contributed by atoms with E-state index in [9.17, 15) is 0 Å². The molecule has 0 unspecified atom stereocenters. The first-order valence-corrected chi connectivity index (χ1v) is 8.72. The lowest BCUT2D eigenvalue weighted by Crippen LogP contribution is -2.11. The van der Waals surface area contributed by atoms with E-state index in [4.69, 9.17) is 20.3 Å². The summed E-state index contributed by atoms with van der Waals surface area (Å²) in [5.41, 5.74) is 7.19. The smallest absolute Gasteiger partial charge is 0.170 e. The van der Waals surface area contributed by atoms with Crippen molar-refractivity contribution in [2.24, 2.45) is 5.73 Å². The van der Waals surface area contributed by atoms with Crippen LogP contribution in [-0.2, 0) is 0 Å². The van der Waals surface area contributed by atoms with E-state index in [-0.39, 0.29) is 25.1 Å². The van der Waals surface area contributed by atoms with Crippen molar-refractivity contribution in [3.05, 3.63) is 84.4 Å². The van der Waals surface area contributed by atoms with Gasteiger partial charge in [0.1, 0.15) is 11.5 Å². The van der Waals surface area contributed by atoms with E-state index in [0.29, 0.717) is 24.3 Å². The Labute approximate surface area is 166 Å². The van der Waals surface area contributed by atoms with Crippen molar-refractivity contribution < 1.29 is 14.6 Å². The maximum atomic E-state index is 9.02. The summed E-state index contributed by atoms with van der Waals surface area (Å²) in [7, 11) is 0. The van der Waals surface area contributed by atoms with Crippen molar-refractivity contribution in [1.29, 1.82) is 0 Å². The Hall–Kier alpha value is -2.53. The van der Waals surface area contributed by atoms with Gasteiger partial charge in [-0.15, -0.1) is 12.4 Å². The lowest BCUT2D eigenvalue weighted by Gasteiger charge is -2.17. The first kappa shape index (κ1) is 20.8. The predicted octanol–water partition coefficient (Wildman–Crippen LogP) is 5.47. The second kappa shape index (κ2) is 10.6.